The van der Waals surface area contributed by atoms with Crippen LogP contribution in [0.4, 0.5) is 13.6 Å². The third kappa shape index (κ3) is 3.97. The Morgan fingerprint density at radius 3 is 2.41 bits per heavy atom. The number of nitrogens with zero attached hydrogens (tertiary/aromatic N) is 1. The molecule has 0 aromatic heterocycles. The predicted octanol–water partition coefficient (Wildman–Crippen LogP) is 4.80. The van der Waals surface area contributed by atoms with Gasteiger partial charge in [-0.2, -0.15) is 0 Å². The molecule has 0 spiro atoms. The van der Waals surface area contributed by atoms with Gasteiger partial charge in [-0.1, -0.05) is 28.1 Å². The van der Waals surface area contributed by atoms with Gasteiger partial charge in [0.25, 0.3) is 5.92 Å². The Kier molecular flexibility index (Phi) is 4.80. The first-order valence-corrected chi connectivity index (χ1v) is 8.00. The molecule has 0 N–H and O–H groups in total. The average Bonchev–Trinajstić information content (AvgIpc) is 2.87. The molecule has 1 fully saturated rings. The quantitative estimate of drug-likeness (QED) is 0.742. The maximum absolute atomic E-state index is 14.6. The van der Waals surface area contributed by atoms with Gasteiger partial charge in [0.15, 0.2) is 0 Å². The highest BCUT2D eigenvalue weighted by Gasteiger charge is 2.46. The van der Waals surface area contributed by atoms with Crippen molar-refractivity contribution in [3.05, 3.63) is 34.3 Å². The topological polar surface area (TPSA) is 29.5 Å². The maximum Gasteiger partial charge on any atom is 0.410 e. The van der Waals surface area contributed by atoms with Gasteiger partial charge in [0.1, 0.15) is 5.60 Å². The van der Waals surface area contributed by atoms with Crippen LogP contribution in [0.5, 0.6) is 0 Å². The summed E-state index contributed by atoms with van der Waals surface area (Å²) >= 11 is 3.24. The number of benzene rings is 1. The Bertz CT molecular complexity index is 540. The van der Waals surface area contributed by atoms with Crippen LogP contribution in [-0.4, -0.2) is 29.7 Å². The van der Waals surface area contributed by atoms with Gasteiger partial charge in [0.05, 0.1) is 0 Å². The fourth-order valence-electron chi connectivity index (χ4n) is 2.46. The molecule has 1 heterocycles. The fraction of sp³-hybridized carbons (Fsp3) is 0.562. The predicted molar refractivity (Wildman–Crippen MR) is 84.0 cm³/mol. The first-order chi connectivity index (χ1) is 10.1. The molecular weight excluding hydrogens is 356 g/mol. The number of halogens is 3. The zero-order valence-corrected chi connectivity index (χ0v) is 14.5. The van der Waals surface area contributed by atoms with E-state index in [9.17, 15) is 13.6 Å². The van der Waals surface area contributed by atoms with E-state index in [-0.39, 0.29) is 18.5 Å². The van der Waals surface area contributed by atoms with Crippen LogP contribution in [-0.2, 0) is 10.7 Å². The minimum Gasteiger partial charge on any atom is -0.444 e. The van der Waals surface area contributed by atoms with Gasteiger partial charge in [0.2, 0.25) is 0 Å². The number of carbonyl (C=O) groups is 1. The smallest absolute Gasteiger partial charge is 0.410 e. The Labute approximate surface area is 137 Å². The minimum absolute atomic E-state index is 0.0119. The van der Waals surface area contributed by atoms with E-state index >= 15 is 0 Å². The third-order valence-electron chi connectivity index (χ3n) is 3.58. The molecule has 0 bridgehead atoms. The lowest BCUT2D eigenvalue weighted by Gasteiger charge is -2.26. The second-order valence-electron chi connectivity index (χ2n) is 6.54. The van der Waals surface area contributed by atoms with Gasteiger partial charge >= 0.3 is 6.09 Å². The Morgan fingerprint density at radius 2 is 1.86 bits per heavy atom. The monoisotopic (exact) mass is 375 g/mol. The summed E-state index contributed by atoms with van der Waals surface area (Å²) in [4.78, 5) is 13.3. The lowest BCUT2D eigenvalue weighted by atomic mass is 9.94. The highest BCUT2D eigenvalue weighted by molar-refractivity contribution is 9.10. The SMILES string of the molecule is CC(C)(C)OC(=O)N1CCC(C(F)(F)c2ccc(Br)cc2)C1. The summed E-state index contributed by atoms with van der Waals surface area (Å²) in [5, 5.41) is 0. The van der Waals surface area contributed by atoms with Crippen LogP contribution in [0.3, 0.4) is 0 Å². The molecule has 1 aromatic rings. The van der Waals surface area contributed by atoms with Crippen molar-refractivity contribution in [1.82, 2.24) is 4.90 Å². The second kappa shape index (κ2) is 6.14. The molecule has 0 saturated carbocycles. The lowest BCUT2D eigenvalue weighted by Crippen LogP contribution is -2.37. The highest BCUT2D eigenvalue weighted by Crippen LogP contribution is 2.41. The summed E-state index contributed by atoms with van der Waals surface area (Å²) in [6.45, 7) is 5.59. The minimum atomic E-state index is -2.96. The largest absolute Gasteiger partial charge is 0.444 e. The van der Waals surface area contributed by atoms with Crippen molar-refractivity contribution in [2.45, 2.75) is 38.7 Å². The first-order valence-electron chi connectivity index (χ1n) is 7.21. The van der Waals surface area contributed by atoms with Crippen molar-refractivity contribution in [2.24, 2.45) is 5.92 Å². The van der Waals surface area contributed by atoms with E-state index in [4.69, 9.17) is 4.74 Å². The van der Waals surface area contributed by atoms with Gasteiger partial charge in [-0.05, 0) is 39.3 Å². The summed E-state index contributed by atoms with van der Waals surface area (Å²) in [7, 11) is 0. The van der Waals surface area contributed by atoms with Crippen molar-refractivity contribution in [1.29, 1.82) is 0 Å². The van der Waals surface area contributed by atoms with E-state index in [0.29, 0.717) is 6.54 Å². The number of likely N-dealkylation sites (tertiary alicyclic amines) is 1. The Morgan fingerprint density at radius 1 is 1.27 bits per heavy atom. The van der Waals surface area contributed by atoms with Crippen molar-refractivity contribution >= 4 is 22.0 Å². The molecule has 1 saturated heterocycles. The van der Waals surface area contributed by atoms with Crippen molar-refractivity contribution < 1.29 is 18.3 Å². The van der Waals surface area contributed by atoms with Crippen LogP contribution < -0.4 is 0 Å². The van der Waals surface area contributed by atoms with E-state index in [1.807, 2.05) is 0 Å². The number of alkyl halides is 2. The van der Waals surface area contributed by atoms with E-state index in [1.165, 1.54) is 17.0 Å². The third-order valence-corrected chi connectivity index (χ3v) is 4.11. The molecule has 1 atom stereocenters. The van der Waals surface area contributed by atoms with Gasteiger partial charge in [-0.3, -0.25) is 0 Å². The molecule has 3 nitrogen and oxygen atoms in total. The zero-order chi connectivity index (χ0) is 16.5. The normalized spacial score (nSPS) is 19.4. The van der Waals surface area contributed by atoms with Crippen LogP contribution in [0.15, 0.2) is 28.7 Å². The molecule has 6 heteroatoms. The zero-order valence-electron chi connectivity index (χ0n) is 12.9. The number of carbonyl (C=O) groups excluding carboxylic acids is 1. The summed E-state index contributed by atoms with van der Waals surface area (Å²) in [5.74, 6) is -3.85. The molecule has 22 heavy (non-hydrogen) atoms. The molecular formula is C16H20BrF2NO2. The molecule has 2 rings (SSSR count). The standard InChI is InChI=1S/C16H20BrF2NO2/c1-15(2,3)22-14(21)20-9-8-12(10-20)16(18,19)11-4-6-13(17)7-5-11/h4-7,12H,8-10H2,1-3H3. The summed E-state index contributed by atoms with van der Waals surface area (Å²) in [5.41, 5.74) is -0.643. The van der Waals surface area contributed by atoms with Gasteiger partial charge in [0, 0.05) is 29.0 Å². The fourth-order valence-corrected chi connectivity index (χ4v) is 2.72. The van der Waals surface area contributed by atoms with Crippen molar-refractivity contribution in [2.75, 3.05) is 13.1 Å². The summed E-state index contributed by atoms with van der Waals surface area (Å²) < 4.78 is 35.1. The van der Waals surface area contributed by atoms with E-state index < -0.39 is 23.5 Å². The molecule has 1 unspecified atom stereocenters. The molecule has 0 radical (unpaired) electrons. The summed E-state index contributed by atoms with van der Waals surface area (Å²) in [6.07, 6.45) is -0.260. The number of rotatable bonds is 2. The first kappa shape index (κ1) is 17.2. The summed E-state index contributed by atoms with van der Waals surface area (Å²) in [6, 6.07) is 6.04. The van der Waals surface area contributed by atoms with Crippen molar-refractivity contribution in [3.8, 4) is 0 Å². The van der Waals surface area contributed by atoms with Gasteiger partial charge in [-0.25, -0.2) is 13.6 Å². The van der Waals surface area contributed by atoms with Crippen LogP contribution >= 0.6 is 15.9 Å². The van der Waals surface area contributed by atoms with E-state index in [1.54, 1.807) is 32.9 Å². The van der Waals surface area contributed by atoms with Crippen LogP contribution in [0, 0.1) is 5.92 Å². The number of hydrogen-bond acceptors (Lipinski definition) is 2. The Hall–Kier alpha value is -1.17. The molecule has 122 valence electrons. The van der Waals surface area contributed by atoms with Gasteiger partial charge in [-0.15, -0.1) is 0 Å². The number of hydrogen-bond donors (Lipinski definition) is 0. The van der Waals surface area contributed by atoms with E-state index in [0.717, 1.165) is 4.47 Å². The molecule has 0 aliphatic carbocycles. The van der Waals surface area contributed by atoms with Crippen LogP contribution in [0.25, 0.3) is 0 Å². The Balaban J connectivity index is 2.05. The molecule has 1 amide bonds. The van der Waals surface area contributed by atoms with Crippen molar-refractivity contribution in [3.63, 3.8) is 0 Å². The van der Waals surface area contributed by atoms with E-state index in [2.05, 4.69) is 15.9 Å². The molecule has 1 aromatic carbocycles. The highest BCUT2D eigenvalue weighted by atomic mass is 79.9. The second-order valence-corrected chi connectivity index (χ2v) is 7.46. The van der Waals surface area contributed by atoms with Crippen LogP contribution in [0.2, 0.25) is 0 Å². The van der Waals surface area contributed by atoms with Crippen LogP contribution in [0.1, 0.15) is 32.8 Å². The number of amides is 1. The molecule has 1 aliphatic rings. The molecule has 1 aliphatic heterocycles. The van der Waals surface area contributed by atoms with Gasteiger partial charge < -0.3 is 9.64 Å². The maximum atomic E-state index is 14.6. The lowest BCUT2D eigenvalue weighted by molar-refractivity contribution is -0.0612. The average molecular weight is 376 g/mol. The number of ether oxygens (including phenoxy) is 1.